The lowest BCUT2D eigenvalue weighted by Crippen LogP contribution is -2.02. The summed E-state index contributed by atoms with van der Waals surface area (Å²) in [5, 5.41) is 6.50. The molecular formula is C21H38N2. The van der Waals surface area contributed by atoms with E-state index in [1.807, 2.05) is 0 Å². The van der Waals surface area contributed by atoms with Crippen molar-refractivity contribution in [2.45, 2.75) is 104 Å². The second-order valence-electron chi connectivity index (χ2n) is 6.48. The third kappa shape index (κ3) is 11.9. The summed E-state index contributed by atoms with van der Waals surface area (Å²) in [6.07, 6.45) is 20.4. The van der Waals surface area contributed by atoms with Gasteiger partial charge in [-0.2, -0.15) is 0 Å². The van der Waals surface area contributed by atoms with Crippen molar-refractivity contribution in [2.24, 2.45) is 0 Å². The van der Waals surface area contributed by atoms with Crippen molar-refractivity contribution < 1.29 is 0 Å². The van der Waals surface area contributed by atoms with Gasteiger partial charge in [0.15, 0.2) is 0 Å². The fourth-order valence-corrected chi connectivity index (χ4v) is 3.02. The van der Waals surface area contributed by atoms with Gasteiger partial charge < -0.3 is 4.57 Å². The minimum atomic E-state index is 1.22. The Bertz CT molecular complexity index is 365. The Labute approximate surface area is 144 Å². The molecule has 0 aliphatic carbocycles. The Morgan fingerprint density at radius 3 is 1.87 bits per heavy atom. The third-order valence-electron chi connectivity index (χ3n) is 4.46. The zero-order valence-electron chi connectivity index (χ0n) is 15.6. The van der Waals surface area contributed by atoms with E-state index >= 15 is 0 Å². The Morgan fingerprint density at radius 1 is 0.783 bits per heavy atom. The average molecular weight is 319 g/mol. The Hall–Kier alpha value is -1.23. The van der Waals surface area contributed by atoms with Gasteiger partial charge in [0.25, 0.3) is 0 Å². The van der Waals surface area contributed by atoms with Crippen molar-refractivity contribution in [1.29, 1.82) is 5.26 Å². The average Bonchev–Trinajstić information content (AvgIpc) is 3.04. The minimum Gasteiger partial charge on any atom is -0.351 e. The standard InChI is InChI=1S/C20H37N.CHN/c1-3-5-7-8-9-10-11-12-13-14-18-21-19-15-17-20(21)16-6-4-2;1-2/h15,17,19H,3-14,16,18H2,1-2H3;1H. The SMILES string of the molecule is C#N.CCCCCCCCCCCCn1cccc1CCCC. The van der Waals surface area contributed by atoms with Crippen molar-refractivity contribution >= 4 is 0 Å². The first-order valence-electron chi connectivity index (χ1n) is 9.78. The van der Waals surface area contributed by atoms with E-state index in [1.54, 1.807) is 0 Å². The van der Waals surface area contributed by atoms with Crippen molar-refractivity contribution in [3.8, 4) is 6.57 Å². The van der Waals surface area contributed by atoms with Gasteiger partial charge in [0.05, 0.1) is 0 Å². The zero-order valence-corrected chi connectivity index (χ0v) is 15.6. The summed E-state index contributed by atoms with van der Waals surface area (Å²) in [6, 6.07) is 4.51. The molecule has 0 saturated carbocycles. The van der Waals surface area contributed by atoms with Crippen LogP contribution in [0.2, 0.25) is 0 Å². The van der Waals surface area contributed by atoms with Gasteiger partial charge in [-0.05, 0) is 31.4 Å². The molecule has 1 rings (SSSR count). The van der Waals surface area contributed by atoms with E-state index in [2.05, 4.69) is 43.3 Å². The van der Waals surface area contributed by atoms with Gasteiger partial charge >= 0.3 is 0 Å². The van der Waals surface area contributed by atoms with Crippen molar-refractivity contribution in [3.05, 3.63) is 24.0 Å². The number of rotatable bonds is 14. The van der Waals surface area contributed by atoms with E-state index < -0.39 is 0 Å². The quantitative estimate of drug-likeness (QED) is 0.343. The van der Waals surface area contributed by atoms with Crippen LogP contribution in [0.4, 0.5) is 0 Å². The molecule has 1 aromatic rings. The van der Waals surface area contributed by atoms with Gasteiger partial charge in [-0.1, -0.05) is 78.1 Å². The smallest absolute Gasteiger partial charge is 0.0462 e. The molecule has 0 aliphatic rings. The largest absolute Gasteiger partial charge is 0.351 e. The van der Waals surface area contributed by atoms with Gasteiger partial charge in [-0.15, -0.1) is 0 Å². The second-order valence-corrected chi connectivity index (χ2v) is 6.48. The first kappa shape index (κ1) is 21.8. The molecule has 23 heavy (non-hydrogen) atoms. The predicted molar refractivity (Wildman–Crippen MR) is 102 cm³/mol. The number of aromatic nitrogens is 1. The predicted octanol–water partition coefficient (Wildman–Crippen LogP) is 6.89. The molecule has 0 atom stereocenters. The number of hydrogen-bond donors (Lipinski definition) is 0. The molecule has 1 aromatic heterocycles. The highest BCUT2D eigenvalue weighted by atomic mass is 15.0. The van der Waals surface area contributed by atoms with Gasteiger partial charge in [0.2, 0.25) is 0 Å². The van der Waals surface area contributed by atoms with E-state index in [0.29, 0.717) is 0 Å². The molecule has 0 radical (unpaired) electrons. The summed E-state index contributed by atoms with van der Waals surface area (Å²) >= 11 is 0. The molecule has 0 bridgehead atoms. The van der Waals surface area contributed by atoms with Crippen LogP contribution in [0.5, 0.6) is 0 Å². The first-order chi connectivity index (χ1) is 11.4. The van der Waals surface area contributed by atoms with Crippen LogP contribution in [0.15, 0.2) is 18.3 Å². The van der Waals surface area contributed by atoms with E-state index in [1.165, 1.54) is 95.7 Å². The fraction of sp³-hybridized carbons (Fsp3) is 0.762. The lowest BCUT2D eigenvalue weighted by Gasteiger charge is -2.09. The third-order valence-corrected chi connectivity index (χ3v) is 4.46. The molecule has 0 fully saturated rings. The van der Waals surface area contributed by atoms with Crippen LogP contribution < -0.4 is 0 Å². The van der Waals surface area contributed by atoms with Crippen molar-refractivity contribution in [1.82, 2.24) is 4.57 Å². The monoisotopic (exact) mass is 318 g/mol. The van der Waals surface area contributed by atoms with E-state index in [0.717, 1.165) is 0 Å². The van der Waals surface area contributed by atoms with Crippen LogP contribution in [0.25, 0.3) is 0 Å². The van der Waals surface area contributed by atoms with Crippen LogP contribution in [0, 0.1) is 11.8 Å². The molecule has 0 aromatic carbocycles. The molecule has 0 N–H and O–H groups in total. The molecule has 0 saturated heterocycles. The molecule has 0 amide bonds. The summed E-state index contributed by atoms with van der Waals surface area (Å²) in [4.78, 5) is 0. The number of nitrogens with zero attached hydrogens (tertiary/aromatic N) is 2. The molecule has 1 heterocycles. The lowest BCUT2D eigenvalue weighted by molar-refractivity contribution is 0.528. The summed E-state index contributed by atoms with van der Waals surface area (Å²) < 4.78 is 2.47. The maximum absolute atomic E-state index is 6.50. The highest BCUT2D eigenvalue weighted by molar-refractivity contribution is 5.07. The van der Waals surface area contributed by atoms with Crippen molar-refractivity contribution in [2.75, 3.05) is 0 Å². The Kier molecular flexibility index (Phi) is 16.2. The number of aryl methyl sites for hydroxylation is 2. The van der Waals surface area contributed by atoms with Crippen LogP contribution in [0.1, 0.15) is 96.6 Å². The van der Waals surface area contributed by atoms with Gasteiger partial charge in [-0.3, -0.25) is 0 Å². The zero-order chi connectivity index (χ0) is 17.2. The van der Waals surface area contributed by atoms with E-state index in [4.69, 9.17) is 5.26 Å². The lowest BCUT2D eigenvalue weighted by atomic mass is 10.1. The summed E-state index contributed by atoms with van der Waals surface area (Å²) in [5.74, 6) is 0. The number of unbranched alkanes of at least 4 members (excludes halogenated alkanes) is 10. The Morgan fingerprint density at radius 2 is 1.30 bits per heavy atom. The summed E-state index contributed by atoms with van der Waals surface area (Å²) in [7, 11) is 0. The van der Waals surface area contributed by atoms with Crippen LogP contribution in [-0.4, -0.2) is 4.57 Å². The topological polar surface area (TPSA) is 28.7 Å². The minimum absolute atomic E-state index is 1.22. The molecule has 0 unspecified atom stereocenters. The Balaban J connectivity index is 0.00000232. The molecule has 0 aliphatic heterocycles. The highest BCUT2D eigenvalue weighted by Crippen LogP contribution is 2.12. The fourth-order valence-electron chi connectivity index (χ4n) is 3.02. The first-order valence-corrected chi connectivity index (χ1v) is 9.78. The second kappa shape index (κ2) is 17.1. The van der Waals surface area contributed by atoms with E-state index in [-0.39, 0.29) is 0 Å². The molecule has 2 nitrogen and oxygen atoms in total. The molecule has 132 valence electrons. The van der Waals surface area contributed by atoms with E-state index in [9.17, 15) is 0 Å². The number of nitriles is 1. The van der Waals surface area contributed by atoms with Gasteiger partial charge in [0.1, 0.15) is 0 Å². The van der Waals surface area contributed by atoms with Crippen LogP contribution in [-0.2, 0) is 13.0 Å². The highest BCUT2D eigenvalue weighted by Gasteiger charge is 2.00. The molecule has 2 heteroatoms. The maximum atomic E-state index is 6.50. The maximum Gasteiger partial charge on any atom is 0.0462 e. The van der Waals surface area contributed by atoms with Crippen molar-refractivity contribution in [3.63, 3.8) is 0 Å². The van der Waals surface area contributed by atoms with Gasteiger partial charge in [0, 0.05) is 25.0 Å². The number of hydrogen-bond acceptors (Lipinski definition) is 1. The summed E-state index contributed by atoms with van der Waals surface area (Å²) in [5.41, 5.74) is 1.53. The molecular weight excluding hydrogens is 280 g/mol. The molecule has 0 spiro atoms. The van der Waals surface area contributed by atoms with Crippen LogP contribution in [0.3, 0.4) is 0 Å². The van der Waals surface area contributed by atoms with Crippen LogP contribution >= 0.6 is 0 Å². The normalized spacial score (nSPS) is 10.3. The van der Waals surface area contributed by atoms with Gasteiger partial charge in [-0.25, -0.2) is 5.26 Å². The summed E-state index contributed by atoms with van der Waals surface area (Å²) in [6.45, 7) is 9.29.